The lowest BCUT2D eigenvalue weighted by Gasteiger charge is -2.32. The molecule has 0 spiro atoms. The predicted octanol–water partition coefficient (Wildman–Crippen LogP) is 9.47. The molecule has 0 aromatic rings. The average Bonchev–Trinajstić information content (AvgIpc) is 2.79. The molecule has 0 aliphatic heterocycles. The third-order valence-corrected chi connectivity index (χ3v) is 7.33. The number of nitrogens with one attached hydrogen (secondary N) is 1. The number of unbranched alkanes of at least 4 members (excludes halogenated alkanes) is 16. The van der Waals surface area contributed by atoms with Crippen LogP contribution in [0.3, 0.4) is 0 Å². The van der Waals surface area contributed by atoms with Crippen molar-refractivity contribution in [2.75, 3.05) is 0 Å². The Kier molecular flexibility index (Phi) is 22.5. The van der Waals surface area contributed by atoms with Gasteiger partial charge in [-0.2, -0.15) is 0 Å². The highest BCUT2D eigenvalue weighted by molar-refractivity contribution is 5.76. The Balaban J connectivity index is 4.22. The van der Waals surface area contributed by atoms with E-state index < -0.39 is 0 Å². The van der Waals surface area contributed by atoms with Gasteiger partial charge in [0.05, 0.1) is 0 Å². The van der Waals surface area contributed by atoms with E-state index in [2.05, 4.69) is 39.9 Å². The van der Waals surface area contributed by atoms with E-state index in [1.165, 1.54) is 116 Å². The highest BCUT2D eigenvalue weighted by atomic mass is 16.1. The van der Waals surface area contributed by atoms with Gasteiger partial charge in [-0.1, -0.05) is 130 Å². The maximum Gasteiger partial charge on any atom is 0.220 e. The lowest BCUT2D eigenvalue weighted by atomic mass is 9.82. The number of amides is 1. The summed E-state index contributed by atoms with van der Waals surface area (Å²) in [5.41, 5.74) is 6.24. The van der Waals surface area contributed by atoms with E-state index in [4.69, 9.17) is 5.73 Å². The van der Waals surface area contributed by atoms with Crippen molar-refractivity contribution in [2.24, 2.45) is 11.7 Å². The summed E-state index contributed by atoms with van der Waals surface area (Å²) in [6, 6.07) is 0.267. The Bertz CT molecular complexity index is 443. The molecule has 0 rings (SSSR count). The molecule has 0 fully saturated rings. The summed E-state index contributed by atoms with van der Waals surface area (Å²) in [7, 11) is 0. The monoisotopic (exact) mass is 481 g/mol. The predicted molar refractivity (Wildman–Crippen MR) is 152 cm³/mol. The molecule has 3 nitrogen and oxygen atoms in total. The van der Waals surface area contributed by atoms with Crippen molar-refractivity contribution in [3.63, 3.8) is 0 Å². The third-order valence-electron chi connectivity index (χ3n) is 7.33. The fourth-order valence-corrected chi connectivity index (χ4v) is 5.27. The first kappa shape index (κ1) is 33.4. The number of carbonyl (C=O) groups excluding carboxylic acids is 1. The van der Waals surface area contributed by atoms with Crippen LogP contribution in [-0.4, -0.2) is 17.5 Å². The van der Waals surface area contributed by atoms with Crippen molar-refractivity contribution < 1.29 is 4.79 Å². The van der Waals surface area contributed by atoms with E-state index in [1.807, 2.05) is 0 Å². The minimum Gasteiger partial charge on any atom is -0.353 e. The van der Waals surface area contributed by atoms with Gasteiger partial charge in [-0.05, 0) is 45.4 Å². The second-order valence-electron chi connectivity index (χ2n) is 11.7. The van der Waals surface area contributed by atoms with Gasteiger partial charge in [0.1, 0.15) is 0 Å². The summed E-state index contributed by atoms with van der Waals surface area (Å²) >= 11 is 0. The van der Waals surface area contributed by atoms with Crippen LogP contribution in [0, 0.1) is 5.92 Å². The fourth-order valence-electron chi connectivity index (χ4n) is 5.27. The smallest absolute Gasteiger partial charge is 0.220 e. The van der Waals surface area contributed by atoms with E-state index in [-0.39, 0.29) is 17.5 Å². The van der Waals surface area contributed by atoms with Crippen LogP contribution in [-0.2, 0) is 4.79 Å². The van der Waals surface area contributed by atoms with Gasteiger partial charge in [0.2, 0.25) is 5.91 Å². The zero-order chi connectivity index (χ0) is 25.5. The minimum absolute atomic E-state index is 0.181. The van der Waals surface area contributed by atoms with Crippen LogP contribution in [0.25, 0.3) is 0 Å². The SMILES string of the molecule is CCCCCCCCCCCC(=O)NC(CC)C(CCCCCCCCCCC)CC(C)(C)N. The molecule has 3 heteroatoms. The molecule has 0 aliphatic carbocycles. The number of carbonyl (C=O) groups is 1. The summed E-state index contributed by atoms with van der Waals surface area (Å²) in [5.74, 6) is 0.739. The second-order valence-corrected chi connectivity index (χ2v) is 11.7. The average molecular weight is 481 g/mol. The molecule has 0 aromatic heterocycles. The lowest BCUT2D eigenvalue weighted by molar-refractivity contribution is -0.122. The molecule has 0 aromatic carbocycles. The summed E-state index contributed by atoms with van der Waals surface area (Å²) < 4.78 is 0. The molecule has 0 bridgehead atoms. The van der Waals surface area contributed by atoms with Crippen LogP contribution in [0.15, 0.2) is 0 Å². The van der Waals surface area contributed by atoms with Gasteiger partial charge in [-0.15, -0.1) is 0 Å². The maximum absolute atomic E-state index is 12.7. The Morgan fingerprint density at radius 3 is 1.50 bits per heavy atom. The molecule has 0 aliphatic rings. The Morgan fingerprint density at radius 1 is 0.676 bits per heavy atom. The van der Waals surface area contributed by atoms with Crippen molar-refractivity contribution in [1.82, 2.24) is 5.32 Å². The van der Waals surface area contributed by atoms with Crippen molar-refractivity contribution >= 4 is 5.91 Å². The van der Waals surface area contributed by atoms with Gasteiger partial charge in [-0.3, -0.25) is 4.79 Å². The topological polar surface area (TPSA) is 55.1 Å². The fraction of sp³-hybridized carbons (Fsp3) is 0.968. The number of rotatable bonds is 25. The summed E-state index contributed by atoms with van der Waals surface area (Å²) in [6.45, 7) is 11.0. The van der Waals surface area contributed by atoms with Crippen LogP contribution in [0.1, 0.15) is 176 Å². The van der Waals surface area contributed by atoms with E-state index >= 15 is 0 Å². The highest BCUT2D eigenvalue weighted by Crippen LogP contribution is 2.26. The van der Waals surface area contributed by atoms with Crippen molar-refractivity contribution in [3.8, 4) is 0 Å². The van der Waals surface area contributed by atoms with Crippen LogP contribution in [0.2, 0.25) is 0 Å². The van der Waals surface area contributed by atoms with E-state index in [1.54, 1.807) is 0 Å². The van der Waals surface area contributed by atoms with E-state index in [9.17, 15) is 4.79 Å². The molecule has 1 amide bonds. The number of nitrogens with two attached hydrogens (primary N) is 1. The third kappa shape index (κ3) is 21.9. The Hall–Kier alpha value is -0.570. The van der Waals surface area contributed by atoms with Gasteiger partial charge >= 0.3 is 0 Å². The maximum atomic E-state index is 12.7. The quantitative estimate of drug-likeness (QED) is 0.128. The molecule has 0 heterocycles. The van der Waals surface area contributed by atoms with Gasteiger partial charge in [0.15, 0.2) is 0 Å². The van der Waals surface area contributed by atoms with Gasteiger partial charge < -0.3 is 11.1 Å². The summed E-state index contributed by atoms with van der Waals surface area (Å²) in [6.07, 6.45) is 27.7. The molecule has 0 saturated heterocycles. The van der Waals surface area contributed by atoms with Crippen molar-refractivity contribution in [1.29, 1.82) is 0 Å². The Morgan fingerprint density at radius 2 is 1.09 bits per heavy atom. The van der Waals surface area contributed by atoms with Crippen molar-refractivity contribution in [3.05, 3.63) is 0 Å². The van der Waals surface area contributed by atoms with E-state index in [0.717, 1.165) is 19.3 Å². The van der Waals surface area contributed by atoms with Crippen LogP contribution in [0.4, 0.5) is 0 Å². The zero-order valence-electron chi connectivity index (χ0n) is 24.2. The highest BCUT2D eigenvalue weighted by Gasteiger charge is 2.26. The largest absolute Gasteiger partial charge is 0.353 e. The first-order valence-electron chi connectivity index (χ1n) is 15.4. The molecule has 2 unspecified atom stereocenters. The van der Waals surface area contributed by atoms with E-state index in [0.29, 0.717) is 12.3 Å². The number of hydrogen-bond acceptors (Lipinski definition) is 2. The van der Waals surface area contributed by atoms with Crippen LogP contribution >= 0.6 is 0 Å². The summed E-state index contributed by atoms with van der Waals surface area (Å²) in [4.78, 5) is 12.7. The minimum atomic E-state index is -0.181. The first-order chi connectivity index (χ1) is 16.3. The standard InChI is InChI=1S/C31H64N2O/c1-6-9-11-13-15-17-19-21-23-25-28(27-31(4,5)32)29(8-3)33-30(34)26-24-22-20-18-16-14-12-10-7-2/h28-29H,6-27,32H2,1-5H3,(H,33,34). The normalized spacial score (nSPS) is 13.7. The van der Waals surface area contributed by atoms with Crippen LogP contribution in [0.5, 0.6) is 0 Å². The van der Waals surface area contributed by atoms with Crippen LogP contribution < -0.4 is 11.1 Å². The van der Waals surface area contributed by atoms with Gasteiger partial charge in [-0.25, -0.2) is 0 Å². The lowest BCUT2D eigenvalue weighted by Crippen LogP contribution is -2.44. The van der Waals surface area contributed by atoms with Crippen molar-refractivity contribution in [2.45, 2.75) is 187 Å². The molecule has 0 radical (unpaired) electrons. The number of hydrogen-bond donors (Lipinski definition) is 2. The summed E-state index contributed by atoms with van der Waals surface area (Å²) in [5, 5.41) is 3.40. The molecular weight excluding hydrogens is 416 g/mol. The molecule has 204 valence electrons. The molecule has 3 N–H and O–H groups in total. The molecule has 0 saturated carbocycles. The molecule has 2 atom stereocenters. The second kappa shape index (κ2) is 22.9. The molecule has 34 heavy (non-hydrogen) atoms. The molecular formula is C31H64N2O. The zero-order valence-corrected chi connectivity index (χ0v) is 24.2. The van der Waals surface area contributed by atoms with Gasteiger partial charge in [0.25, 0.3) is 0 Å². The first-order valence-corrected chi connectivity index (χ1v) is 15.4. The Labute approximate surface area is 215 Å². The van der Waals surface area contributed by atoms with Gasteiger partial charge in [0, 0.05) is 18.0 Å².